The fourth-order valence-corrected chi connectivity index (χ4v) is 4.63. The van der Waals surface area contributed by atoms with Crippen LogP contribution in [0.1, 0.15) is 25.0 Å². The Balaban J connectivity index is 1.71. The highest BCUT2D eigenvalue weighted by molar-refractivity contribution is 5.96. The molecule has 4 aromatic rings. The van der Waals surface area contributed by atoms with Crippen molar-refractivity contribution in [2.75, 3.05) is 14.2 Å². The minimum atomic E-state index is -0.105. The molecule has 0 saturated heterocycles. The summed E-state index contributed by atoms with van der Waals surface area (Å²) < 4.78 is 10.9. The van der Waals surface area contributed by atoms with E-state index in [2.05, 4.69) is 67.4 Å². The quantitative estimate of drug-likeness (QED) is 0.422. The Hall–Kier alpha value is -3.33. The smallest absolute Gasteiger partial charge is 0.123 e. The van der Waals surface area contributed by atoms with Crippen molar-refractivity contribution in [3.8, 4) is 33.8 Å². The number of hydrogen-bond donors (Lipinski definition) is 0. The molecule has 0 radical (unpaired) electrons. The van der Waals surface area contributed by atoms with Gasteiger partial charge in [0.05, 0.1) is 19.7 Å². The molecule has 0 amide bonds. The van der Waals surface area contributed by atoms with E-state index in [4.69, 9.17) is 9.47 Å². The summed E-state index contributed by atoms with van der Waals surface area (Å²) in [7, 11) is 3.36. The van der Waals surface area contributed by atoms with Gasteiger partial charge in [0.1, 0.15) is 11.5 Å². The van der Waals surface area contributed by atoms with Crippen LogP contribution in [0.5, 0.6) is 11.5 Å². The third-order valence-electron chi connectivity index (χ3n) is 6.08. The summed E-state index contributed by atoms with van der Waals surface area (Å²) in [4.78, 5) is 4.56. The van der Waals surface area contributed by atoms with E-state index in [0.717, 1.165) is 28.1 Å². The zero-order valence-corrected chi connectivity index (χ0v) is 17.1. The first-order chi connectivity index (χ1) is 14.0. The van der Waals surface area contributed by atoms with E-state index in [0.29, 0.717) is 0 Å². The van der Waals surface area contributed by atoms with Gasteiger partial charge in [0, 0.05) is 23.1 Å². The minimum absolute atomic E-state index is 0.105. The van der Waals surface area contributed by atoms with Crippen molar-refractivity contribution in [3.63, 3.8) is 0 Å². The molecule has 0 fully saturated rings. The monoisotopic (exact) mass is 381 g/mol. The average molecular weight is 381 g/mol. The second-order valence-electron chi connectivity index (χ2n) is 8.04. The van der Waals surface area contributed by atoms with Crippen LogP contribution in [0.4, 0.5) is 0 Å². The summed E-state index contributed by atoms with van der Waals surface area (Å²) in [5.74, 6) is 1.58. The fraction of sp³-hybridized carbons (Fsp3) is 0.192. The molecule has 0 N–H and O–H groups in total. The third kappa shape index (κ3) is 2.61. The molecular formula is C26H23NO2. The van der Waals surface area contributed by atoms with Crippen LogP contribution >= 0.6 is 0 Å². The second-order valence-corrected chi connectivity index (χ2v) is 8.04. The van der Waals surface area contributed by atoms with Gasteiger partial charge in [-0.15, -0.1) is 0 Å². The molecule has 5 rings (SSSR count). The lowest BCUT2D eigenvalue weighted by Gasteiger charge is -2.23. The van der Waals surface area contributed by atoms with Gasteiger partial charge in [0.25, 0.3) is 0 Å². The first-order valence-corrected chi connectivity index (χ1v) is 9.79. The van der Waals surface area contributed by atoms with Gasteiger partial charge in [-0.2, -0.15) is 0 Å². The Labute approximate surface area is 170 Å². The summed E-state index contributed by atoms with van der Waals surface area (Å²) in [6.45, 7) is 4.61. The molecule has 3 aromatic carbocycles. The van der Waals surface area contributed by atoms with E-state index >= 15 is 0 Å². The van der Waals surface area contributed by atoms with Gasteiger partial charge in [-0.25, -0.2) is 0 Å². The Kier molecular flexibility index (Phi) is 3.88. The zero-order valence-electron chi connectivity index (χ0n) is 17.1. The molecule has 0 atom stereocenters. The molecule has 1 aliphatic rings. The number of hydrogen-bond acceptors (Lipinski definition) is 3. The number of pyridine rings is 1. The molecule has 3 heteroatoms. The molecule has 1 heterocycles. The number of benzene rings is 3. The highest BCUT2D eigenvalue weighted by Gasteiger charge is 2.37. The lowest BCUT2D eigenvalue weighted by atomic mass is 9.80. The molecule has 3 nitrogen and oxygen atoms in total. The van der Waals surface area contributed by atoms with Crippen LogP contribution in [-0.4, -0.2) is 19.2 Å². The average Bonchev–Trinajstić information content (AvgIpc) is 3.00. The number of aromatic nitrogens is 1. The van der Waals surface area contributed by atoms with Crippen molar-refractivity contribution in [2.45, 2.75) is 19.3 Å². The van der Waals surface area contributed by atoms with Gasteiger partial charge >= 0.3 is 0 Å². The van der Waals surface area contributed by atoms with Crippen LogP contribution in [-0.2, 0) is 5.41 Å². The number of ether oxygens (including phenoxy) is 2. The third-order valence-corrected chi connectivity index (χ3v) is 6.08. The van der Waals surface area contributed by atoms with Crippen LogP contribution in [0, 0.1) is 0 Å². The van der Waals surface area contributed by atoms with E-state index < -0.39 is 0 Å². The Morgan fingerprint density at radius 1 is 0.759 bits per heavy atom. The highest BCUT2D eigenvalue weighted by atomic mass is 16.5. The first-order valence-electron chi connectivity index (χ1n) is 9.79. The summed E-state index contributed by atoms with van der Waals surface area (Å²) in [6, 6.07) is 21.3. The zero-order chi connectivity index (χ0) is 20.2. The minimum Gasteiger partial charge on any atom is -0.497 e. The summed E-state index contributed by atoms with van der Waals surface area (Å²) in [5, 5.41) is 1.23. The number of methoxy groups -OCH3 is 2. The van der Waals surface area contributed by atoms with Gasteiger partial charge in [-0.1, -0.05) is 38.1 Å². The number of fused-ring (bicyclic) bond motifs is 5. The van der Waals surface area contributed by atoms with Crippen LogP contribution in [0.15, 0.2) is 66.9 Å². The van der Waals surface area contributed by atoms with Crippen LogP contribution in [0.2, 0.25) is 0 Å². The second kappa shape index (κ2) is 6.35. The molecule has 1 aliphatic carbocycles. The van der Waals surface area contributed by atoms with Gasteiger partial charge < -0.3 is 9.47 Å². The maximum atomic E-state index is 5.46. The van der Waals surface area contributed by atoms with E-state index in [9.17, 15) is 0 Å². The van der Waals surface area contributed by atoms with Gasteiger partial charge in [0.2, 0.25) is 0 Å². The molecule has 1 aromatic heterocycles. The summed E-state index contributed by atoms with van der Waals surface area (Å²) in [5.41, 5.74) is 8.49. The van der Waals surface area contributed by atoms with E-state index in [-0.39, 0.29) is 5.41 Å². The predicted molar refractivity (Wildman–Crippen MR) is 118 cm³/mol. The van der Waals surface area contributed by atoms with E-state index in [1.807, 2.05) is 18.3 Å². The molecule has 0 aliphatic heterocycles. The van der Waals surface area contributed by atoms with Crippen molar-refractivity contribution in [1.82, 2.24) is 4.98 Å². The lowest BCUT2D eigenvalue weighted by molar-refractivity contribution is 0.394. The van der Waals surface area contributed by atoms with Crippen molar-refractivity contribution in [3.05, 3.63) is 78.0 Å². The molecule has 0 unspecified atom stereocenters. The van der Waals surface area contributed by atoms with E-state index in [1.54, 1.807) is 14.2 Å². The molecule has 0 saturated carbocycles. The fourth-order valence-electron chi connectivity index (χ4n) is 4.63. The van der Waals surface area contributed by atoms with Crippen LogP contribution < -0.4 is 9.47 Å². The summed E-state index contributed by atoms with van der Waals surface area (Å²) >= 11 is 0. The Morgan fingerprint density at radius 2 is 1.48 bits per heavy atom. The van der Waals surface area contributed by atoms with Crippen molar-refractivity contribution in [1.29, 1.82) is 0 Å². The normalized spacial score (nSPS) is 13.8. The van der Waals surface area contributed by atoms with Crippen LogP contribution in [0.25, 0.3) is 33.2 Å². The number of rotatable bonds is 3. The summed E-state index contributed by atoms with van der Waals surface area (Å²) in [6.07, 6.45) is 1.86. The molecular weight excluding hydrogens is 358 g/mol. The SMILES string of the molecule is COc1cc(OC)cc(-c2ccc3c(c2)C(C)(C)c2c-3ccc3ncccc23)c1. The van der Waals surface area contributed by atoms with Gasteiger partial charge in [-0.3, -0.25) is 4.98 Å². The Morgan fingerprint density at radius 3 is 2.21 bits per heavy atom. The molecule has 29 heavy (non-hydrogen) atoms. The molecule has 144 valence electrons. The maximum absolute atomic E-state index is 5.46. The largest absolute Gasteiger partial charge is 0.497 e. The first kappa shape index (κ1) is 17.7. The van der Waals surface area contributed by atoms with Gasteiger partial charge in [-0.05, 0) is 63.7 Å². The van der Waals surface area contributed by atoms with Gasteiger partial charge in [0.15, 0.2) is 0 Å². The van der Waals surface area contributed by atoms with Crippen molar-refractivity contribution >= 4 is 10.9 Å². The van der Waals surface area contributed by atoms with E-state index in [1.165, 1.54) is 27.6 Å². The Bertz CT molecular complexity index is 1230. The van der Waals surface area contributed by atoms with Crippen molar-refractivity contribution < 1.29 is 9.47 Å². The standard InChI is InChI=1S/C26H23NO2/c1-26(2)23-14-16(17-12-18(28-3)15-19(13-17)29-4)7-8-20(23)21-9-10-24-22(25(21)26)6-5-11-27-24/h5-15H,1-4H3. The number of nitrogens with zero attached hydrogens (tertiary/aromatic N) is 1. The topological polar surface area (TPSA) is 31.4 Å². The lowest BCUT2D eigenvalue weighted by Crippen LogP contribution is -2.15. The molecule has 0 spiro atoms. The highest BCUT2D eigenvalue weighted by Crippen LogP contribution is 2.52. The molecule has 0 bridgehead atoms. The maximum Gasteiger partial charge on any atom is 0.123 e. The van der Waals surface area contributed by atoms with Crippen LogP contribution in [0.3, 0.4) is 0 Å². The predicted octanol–water partition coefficient (Wildman–Crippen LogP) is 6.23. The van der Waals surface area contributed by atoms with Crippen molar-refractivity contribution in [2.24, 2.45) is 0 Å².